The molecule has 3 N–H and O–H groups in total. The molecule has 0 saturated heterocycles. The molecule has 0 aliphatic heterocycles. The highest BCUT2D eigenvalue weighted by Gasteiger charge is 2.20. The highest BCUT2D eigenvalue weighted by Crippen LogP contribution is 2.29. The SMILES string of the molecule is CCC(CC)C(O)CNC(=O)Nc1ccnn1C1CCCCC1. The van der Waals surface area contributed by atoms with Crippen molar-refractivity contribution in [3.63, 3.8) is 0 Å². The second-order valence-corrected chi connectivity index (χ2v) is 6.43. The monoisotopic (exact) mass is 322 g/mol. The first-order valence-corrected chi connectivity index (χ1v) is 8.92. The molecule has 6 nitrogen and oxygen atoms in total. The zero-order valence-electron chi connectivity index (χ0n) is 14.3. The Morgan fingerprint density at radius 2 is 2.04 bits per heavy atom. The number of rotatable bonds is 7. The second-order valence-electron chi connectivity index (χ2n) is 6.43. The van der Waals surface area contributed by atoms with E-state index in [1.54, 1.807) is 6.20 Å². The van der Waals surface area contributed by atoms with E-state index >= 15 is 0 Å². The first-order valence-electron chi connectivity index (χ1n) is 8.92. The van der Waals surface area contributed by atoms with Crippen LogP contribution in [0.2, 0.25) is 0 Å². The van der Waals surface area contributed by atoms with Crippen molar-refractivity contribution in [2.45, 2.75) is 70.9 Å². The minimum absolute atomic E-state index is 0.225. The van der Waals surface area contributed by atoms with Crippen LogP contribution in [-0.4, -0.2) is 33.6 Å². The first kappa shape index (κ1) is 17.8. The normalized spacial score (nSPS) is 17.2. The lowest BCUT2D eigenvalue weighted by Crippen LogP contribution is -2.38. The van der Waals surface area contributed by atoms with E-state index in [0.717, 1.165) is 31.5 Å². The van der Waals surface area contributed by atoms with Gasteiger partial charge in [-0.25, -0.2) is 9.48 Å². The Hall–Kier alpha value is -1.56. The van der Waals surface area contributed by atoms with Gasteiger partial charge in [0, 0.05) is 12.6 Å². The maximum absolute atomic E-state index is 12.1. The van der Waals surface area contributed by atoms with Crippen molar-refractivity contribution in [2.75, 3.05) is 11.9 Å². The Morgan fingerprint density at radius 3 is 2.70 bits per heavy atom. The van der Waals surface area contributed by atoms with Crippen LogP contribution in [0.15, 0.2) is 12.3 Å². The van der Waals surface area contributed by atoms with Gasteiger partial charge in [0.05, 0.1) is 18.3 Å². The molecular formula is C17H30N4O2. The average Bonchev–Trinajstić information content (AvgIpc) is 3.03. The van der Waals surface area contributed by atoms with Crippen LogP contribution >= 0.6 is 0 Å². The van der Waals surface area contributed by atoms with E-state index in [9.17, 15) is 9.90 Å². The molecule has 1 aromatic rings. The number of urea groups is 1. The molecule has 1 aromatic heterocycles. The summed E-state index contributed by atoms with van der Waals surface area (Å²) in [5, 5.41) is 20.1. The topological polar surface area (TPSA) is 79.2 Å². The Balaban J connectivity index is 1.85. The van der Waals surface area contributed by atoms with E-state index in [1.807, 2.05) is 10.7 Å². The highest BCUT2D eigenvalue weighted by atomic mass is 16.3. The summed E-state index contributed by atoms with van der Waals surface area (Å²) in [5.74, 6) is 0.953. The number of amides is 2. The summed E-state index contributed by atoms with van der Waals surface area (Å²) in [5.41, 5.74) is 0. The number of aliphatic hydroxyl groups is 1. The zero-order valence-corrected chi connectivity index (χ0v) is 14.3. The first-order chi connectivity index (χ1) is 11.2. The van der Waals surface area contributed by atoms with Gasteiger partial charge in [0.15, 0.2) is 0 Å². The summed E-state index contributed by atoms with van der Waals surface area (Å²) in [4.78, 5) is 12.1. The van der Waals surface area contributed by atoms with E-state index < -0.39 is 6.10 Å². The predicted molar refractivity (Wildman–Crippen MR) is 91.4 cm³/mol. The summed E-state index contributed by atoms with van der Waals surface area (Å²) in [6, 6.07) is 1.92. The average molecular weight is 322 g/mol. The smallest absolute Gasteiger partial charge is 0.320 e. The summed E-state index contributed by atoms with van der Waals surface area (Å²) in [6.07, 6.45) is 9.01. The van der Waals surface area contributed by atoms with Crippen LogP contribution in [0.3, 0.4) is 0 Å². The lowest BCUT2D eigenvalue weighted by Gasteiger charge is -2.24. The molecule has 23 heavy (non-hydrogen) atoms. The fraction of sp³-hybridized carbons (Fsp3) is 0.765. The molecule has 1 atom stereocenters. The van der Waals surface area contributed by atoms with Crippen molar-refractivity contribution in [3.05, 3.63) is 12.3 Å². The molecule has 2 rings (SSSR count). The van der Waals surface area contributed by atoms with Crippen molar-refractivity contribution in [1.82, 2.24) is 15.1 Å². The van der Waals surface area contributed by atoms with Gasteiger partial charge >= 0.3 is 6.03 Å². The molecule has 0 spiro atoms. The quantitative estimate of drug-likeness (QED) is 0.720. The van der Waals surface area contributed by atoms with Crippen molar-refractivity contribution in [2.24, 2.45) is 5.92 Å². The molecule has 1 saturated carbocycles. The minimum atomic E-state index is -0.501. The molecule has 0 aromatic carbocycles. The number of aliphatic hydroxyl groups excluding tert-OH is 1. The Bertz CT molecular complexity index is 479. The molecule has 0 radical (unpaired) electrons. The van der Waals surface area contributed by atoms with E-state index in [-0.39, 0.29) is 18.5 Å². The van der Waals surface area contributed by atoms with Gasteiger partial charge < -0.3 is 10.4 Å². The Labute approximate surface area is 138 Å². The number of hydrogen-bond acceptors (Lipinski definition) is 3. The summed E-state index contributed by atoms with van der Waals surface area (Å²) < 4.78 is 1.93. The largest absolute Gasteiger partial charge is 0.391 e. The van der Waals surface area contributed by atoms with E-state index in [1.165, 1.54) is 19.3 Å². The molecule has 1 heterocycles. The summed E-state index contributed by atoms with van der Waals surface area (Å²) in [6.45, 7) is 4.39. The van der Waals surface area contributed by atoms with Crippen LogP contribution in [-0.2, 0) is 0 Å². The Morgan fingerprint density at radius 1 is 1.35 bits per heavy atom. The van der Waals surface area contributed by atoms with Crippen LogP contribution < -0.4 is 10.6 Å². The molecule has 130 valence electrons. The molecule has 1 fully saturated rings. The van der Waals surface area contributed by atoms with Gasteiger partial charge in [0.25, 0.3) is 0 Å². The third-order valence-corrected chi connectivity index (χ3v) is 4.90. The number of carbonyl (C=O) groups is 1. The maximum atomic E-state index is 12.1. The van der Waals surface area contributed by atoms with Crippen LogP contribution in [0.25, 0.3) is 0 Å². The van der Waals surface area contributed by atoms with E-state index in [2.05, 4.69) is 29.6 Å². The second kappa shape index (κ2) is 8.91. The fourth-order valence-electron chi connectivity index (χ4n) is 3.39. The summed E-state index contributed by atoms with van der Waals surface area (Å²) in [7, 11) is 0. The number of nitrogens with zero attached hydrogens (tertiary/aromatic N) is 2. The van der Waals surface area contributed by atoms with Crippen molar-refractivity contribution < 1.29 is 9.90 Å². The standard InChI is InChI=1S/C17H30N4O2/c1-3-13(4-2)15(22)12-18-17(23)20-16-10-11-19-21(16)14-8-6-5-7-9-14/h10-11,13-15,22H,3-9,12H2,1-2H3,(H2,18,20,23). The van der Waals surface area contributed by atoms with Gasteiger partial charge in [-0.2, -0.15) is 5.10 Å². The molecule has 2 amide bonds. The van der Waals surface area contributed by atoms with Crippen LogP contribution in [0.4, 0.5) is 10.6 Å². The van der Waals surface area contributed by atoms with Crippen LogP contribution in [0, 0.1) is 5.92 Å². The highest BCUT2D eigenvalue weighted by molar-refractivity contribution is 5.88. The van der Waals surface area contributed by atoms with Crippen molar-refractivity contribution in [3.8, 4) is 0 Å². The maximum Gasteiger partial charge on any atom is 0.320 e. The van der Waals surface area contributed by atoms with Gasteiger partial charge in [0.2, 0.25) is 0 Å². The molecule has 0 bridgehead atoms. The predicted octanol–water partition coefficient (Wildman–Crippen LogP) is 3.31. The van der Waals surface area contributed by atoms with Gasteiger partial charge in [-0.3, -0.25) is 5.32 Å². The third kappa shape index (κ3) is 4.96. The zero-order chi connectivity index (χ0) is 16.7. The molecule has 1 aliphatic rings. The van der Waals surface area contributed by atoms with Crippen molar-refractivity contribution >= 4 is 11.8 Å². The number of carbonyl (C=O) groups excluding carboxylic acids is 1. The number of nitrogens with one attached hydrogen (secondary N) is 2. The van der Waals surface area contributed by atoms with Crippen LogP contribution in [0.5, 0.6) is 0 Å². The van der Waals surface area contributed by atoms with Gasteiger partial charge in [-0.15, -0.1) is 0 Å². The minimum Gasteiger partial charge on any atom is -0.391 e. The molecule has 1 unspecified atom stereocenters. The van der Waals surface area contributed by atoms with Gasteiger partial charge in [-0.05, 0) is 18.8 Å². The van der Waals surface area contributed by atoms with Crippen LogP contribution in [0.1, 0.15) is 64.8 Å². The van der Waals surface area contributed by atoms with Gasteiger partial charge in [-0.1, -0.05) is 46.0 Å². The number of aromatic nitrogens is 2. The lowest BCUT2D eigenvalue weighted by molar-refractivity contribution is 0.104. The number of hydrogen-bond donors (Lipinski definition) is 3. The third-order valence-electron chi connectivity index (χ3n) is 4.90. The van der Waals surface area contributed by atoms with Gasteiger partial charge in [0.1, 0.15) is 5.82 Å². The van der Waals surface area contributed by atoms with E-state index in [4.69, 9.17) is 0 Å². The molecular weight excluding hydrogens is 292 g/mol. The van der Waals surface area contributed by atoms with E-state index in [0.29, 0.717) is 6.04 Å². The molecule has 1 aliphatic carbocycles. The lowest BCUT2D eigenvalue weighted by atomic mass is 9.96. The molecule has 6 heteroatoms. The van der Waals surface area contributed by atoms with Crippen molar-refractivity contribution in [1.29, 1.82) is 0 Å². The summed E-state index contributed by atoms with van der Waals surface area (Å²) >= 11 is 0. The Kier molecular flexibility index (Phi) is 6.89. The number of anilines is 1. The fourth-order valence-corrected chi connectivity index (χ4v) is 3.39.